The van der Waals surface area contributed by atoms with Gasteiger partial charge in [-0.05, 0) is 60.2 Å². The number of ether oxygens (including phenoxy) is 8. The predicted molar refractivity (Wildman–Crippen MR) is 261 cm³/mol. The minimum absolute atomic E-state index is 0.115. The van der Waals surface area contributed by atoms with E-state index < -0.39 is 83.1 Å². The third-order valence-corrected chi connectivity index (χ3v) is 22.4. The van der Waals surface area contributed by atoms with E-state index in [9.17, 15) is 9.59 Å². The number of hydrogen-bond acceptors (Lipinski definition) is 12. The monoisotopic (exact) mass is 951 g/mol. The highest BCUT2D eigenvalue weighted by Crippen LogP contribution is 2.41. The molecule has 366 valence electrons. The maximum Gasteiger partial charge on any atom is 0.230 e. The van der Waals surface area contributed by atoms with Crippen molar-refractivity contribution in [2.45, 2.75) is 165 Å². The standard InChI is InChI=1S/C52H78O12Si2/c1-51(2,3)65(8,9)63-44-29-28-43-42(27-20-26-41(59-35-39-23-16-13-17-24-39)47(62-43)36-57-34-38-21-14-12-15-22-38)61-46(44)33-40(53)48(54)50(60-37-56-32-31-55-7)49-45(25-18-19-30-58-49)64-66(10,11)52(4,5)6/h12-24,26,28-29,41-47,49-50H,25,27,30-37H2,1-11H3/b26-20-/t41-,42+,43-,44+,45-,46-,47+,49-,50-/m0/s1. The van der Waals surface area contributed by atoms with Crippen molar-refractivity contribution >= 4 is 28.2 Å². The van der Waals surface area contributed by atoms with E-state index in [2.05, 4.69) is 73.8 Å². The van der Waals surface area contributed by atoms with Crippen LogP contribution in [0.5, 0.6) is 0 Å². The first kappa shape index (κ1) is 54.0. The lowest BCUT2D eigenvalue weighted by molar-refractivity contribution is -0.177. The second-order valence-electron chi connectivity index (χ2n) is 20.5. The first-order valence-corrected chi connectivity index (χ1v) is 29.4. The van der Waals surface area contributed by atoms with Gasteiger partial charge in [0.1, 0.15) is 31.2 Å². The molecule has 14 heteroatoms. The van der Waals surface area contributed by atoms with E-state index in [1.807, 2.05) is 91.0 Å². The lowest BCUT2D eigenvalue weighted by Crippen LogP contribution is -2.54. The second kappa shape index (κ2) is 25.1. The number of hydrogen-bond donors (Lipinski definition) is 0. The molecule has 3 aliphatic heterocycles. The van der Waals surface area contributed by atoms with Crippen LogP contribution in [0.2, 0.25) is 36.3 Å². The van der Waals surface area contributed by atoms with Crippen LogP contribution in [0.25, 0.3) is 0 Å². The summed E-state index contributed by atoms with van der Waals surface area (Å²) in [4.78, 5) is 29.4. The van der Waals surface area contributed by atoms with Crippen molar-refractivity contribution in [1.82, 2.24) is 0 Å². The molecule has 0 unspecified atom stereocenters. The predicted octanol–water partition coefficient (Wildman–Crippen LogP) is 9.49. The number of carbonyl (C=O) groups is 2. The zero-order chi connectivity index (χ0) is 48.0. The van der Waals surface area contributed by atoms with Crippen LogP contribution in [0.1, 0.15) is 71.9 Å². The zero-order valence-electron chi connectivity index (χ0n) is 41.4. The van der Waals surface area contributed by atoms with E-state index in [0.717, 1.165) is 11.1 Å². The molecule has 3 aliphatic rings. The highest BCUT2D eigenvalue weighted by atomic mass is 28.4. The van der Waals surface area contributed by atoms with Gasteiger partial charge >= 0.3 is 0 Å². The van der Waals surface area contributed by atoms with E-state index >= 15 is 0 Å². The molecule has 0 radical (unpaired) electrons. The molecule has 9 atom stereocenters. The molecule has 0 aliphatic carbocycles. The van der Waals surface area contributed by atoms with Gasteiger partial charge in [-0.1, -0.05) is 139 Å². The van der Waals surface area contributed by atoms with Gasteiger partial charge in [0.05, 0.1) is 64.1 Å². The summed E-state index contributed by atoms with van der Waals surface area (Å²) in [5.41, 5.74) is 2.10. The summed E-state index contributed by atoms with van der Waals surface area (Å²) in [5, 5.41) is -0.273. The van der Waals surface area contributed by atoms with Crippen molar-refractivity contribution in [2.24, 2.45) is 0 Å². The van der Waals surface area contributed by atoms with Crippen molar-refractivity contribution < 1.29 is 56.3 Å². The fourth-order valence-electron chi connectivity index (χ4n) is 7.39. The van der Waals surface area contributed by atoms with Gasteiger partial charge in [0.2, 0.25) is 11.6 Å². The largest absolute Gasteiger partial charge is 0.411 e. The fourth-order valence-corrected chi connectivity index (χ4v) is 9.99. The molecule has 0 spiro atoms. The van der Waals surface area contributed by atoms with Crippen molar-refractivity contribution in [2.75, 3.05) is 40.3 Å². The Hall–Kier alpha value is -2.97. The normalized spacial score (nSPS) is 26.3. The third kappa shape index (κ3) is 15.8. The van der Waals surface area contributed by atoms with Gasteiger partial charge in [0, 0.05) is 13.5 Å². The summed E-state index contributed by atoms with van der Waals surface area (Å²) in [5.74, 6) is -1.39. The Morgan fingerprint density at radius 3 is 2.02 bits per heavy atom. The van der Waals surface area contributed by atoms with E-state index in [1.165, 1.54) is 0 Å². The number of carbonyl (C=O) groups excluding carboxylic acids is 2. The number of ketones is 2. The van der Waals surface area contributed by atoms with Gasteiger partial charge in [0.15, 0.2) is 22.7 Å². The van der Waals surface area contributed by atoms with Crippen molar-refractivity contribution in [1.29, 1.82) is 0 Å². The maximum absolute atomic E-state index is 14.8. The Morgan fingerprint density at radius 1 is 0.712 bits per heavy atom. The molecule has 0 aromatic heterocycles. The molecule has 5 rings (SSSR count). The van der Waals surface area contributed by atoms with Gasteiger partial charge in [0.25, 0.3) is 0 Å². The van der Waals surface area contributed by atoms with Crippen LogP contribution in [0.3, 0.4) is 0 Å². The lowest BCUT2D eigenvalue weighted by Gasteiger charge is -2.42. The zero-order valence-corrected chi connectivity index (χ0v) is 43.4. The number of Topliss-reactive ketones (excluding diaryl/α,β-unsaturated/α-hetero) is 2. The molecular formula is C52H78O12Si2. The Bertz CT molecular complexity index is 1870. The van der Waals surface area contributed by atoms with Gasteiger partial charge < -0.3 is 46.7 Å². The Labute approximate surface area is 396 Å². The number of benzene rings is 2. The van der Waals surface area contributed by atoms with Crippen LogP contribution in [0.15, 0.2) is 97.1 Å². The molecule has 3 heterocycles. The molecule has 2 aromatic carbocycles. The Kier molecular flexibility index (Phi) is 20.5. The molecular weight excluding hydrogens is 873 g/mol. The molecule has 66 heavy (non-hydrogen) atoms. The van der Waals surface area contributed by atoms with Crippen molar-refractivity contribution in [3.63, 3.8) is 0 Å². The minimum atomic E-state index is -2.46. The topological polar surface area (TPSA) is 126 Å². The van der Waals surface area contributed by atoms with Crippen LogP contribution in [-0.2, 0) is 69.5 Å². The molecule has 2 aromatic rings. The van der Waals surface area contributed by atoms with Gasteiger partial charge in [-0.25, -0.2) is 0 Å². The average Bonchev–Trinajstić information content (AvgIpc) is 3.57. The summed E-state index contributed by atoms with van der Waals surface area (Å²) in [6.07, 6.45) is 6.42. The smallest absolute Gasteiger partial charge is 0.230 e. The Morgan fingerprint density at radius 2 is 1.36 bits per heavy atom. The fraction of sp³-hybridized carbons (Fsp3) is 0.615. The number of methoxy groups -OCH3 is 1. The lowest BCUT2D eigenvalue weighted by atomic mass is 9.96. The first-order valence-electron chi connectivity index (χ1n) is 23.6. The Balaban J connectivity index is 1.43. The molecule has 0 bridgehead atoms. The van der Waals surface area contributed by atoms with E-state index in [1.54, 1.807) is 7.11 Å². The maximum atomic E-state index is 14.8. The third-order valence-electron chi connectivity index (χ3n) is 13.4. The average molecular weight is 951 g/mol. The molecule has 0 amide bonds. The summed E-state index contributed by atoms with van der Waals surface area (Å²) in [6.45, 7) is 23.3. The van der Waals surface area contributed by atoms with Crippen molar-refractivity contribution in [3.05, 3.63) is 108 Å². The summed E-state index contributed by atoms with van der Waals surface area (Å²) < 4.78 is 64.2. The molecule has 12 nitrogen and oxygen atoms in total. The highest BCUT2D eigenvalue weighted by Gasteiger charge is 2.48. The van der Waals surface area contributed by atoms with Crippen LogP contribution in [0.4, 0.5) is 0 Å². The molecule has 0 saturated carbocycles. The van der Waals surface area contributed by atoms with Gasteiger partial charge in [-0.15, -0.1) is 0 Å². The summed E-state index contributed by atoms with van der Waals surface area (Å²) >= 11 is 0. The second-order valence-corrected chi connectivity index (χ2v) is 30.0. The molecule has 0 N–H and O–H groups in total. The van der Waals surface area contributed by atoms with E-state index in [4.69, 9.17) is 46.7 Å². The van der Waals surface area contributed by atoms with Crippen LogP contribution < -0.4 is 0 Å². The molecule has 0 fully saturated rings. The van der Waals surface area contributed by atoms with Crippen LogP contribution in [-0.4, -0.2) is 123 Å². The van der Waals surface area contributed by atoms with E-state index in [0.29, 0.717) is 32.7 Å². The summed E-state index contributed by atoms with van der Waals surface area (Å²) in [6, 6.07) is 20.1. The minimum Gasteiger partial charge on any atom is -0.411 e. The number of fused-ring (bicyclic) bond motifs is 1. The van der Waals surface area contributed by atoms with Crippen molar-refractivity contribution in [3.8, 4) is 0 Å². The van der Waals surface area contributed by atoms with Gasteiger partial charge in [-0.3, -0.25) is 9.59 Å². The SMILES string of the molecule is COCCOCO[C@@H](C(=O)C(=O)C[C@@H]1O[C@@H]2C/C=C\[C@H](OCc3ccccc3)[C@@H](COCc3ccccc3)O[C@H]2C=C[C@H]1O[Si](C)(C)C(C)(C)C)[C@H]1OCC=CC[C@@H]1O[Si](C)(C)C(C)(C)C. The highest BCUT2D eigenvalue weighted by molar-refractivity contribution is 6.74. The number of rotatable bonds is 22. The quantitative estimate of drug-likeness (QED) is 0.0367. The van der Waals surface area contributed by atoms with Crippen LogP contribution in [0, 0.1) is 0 Å². The molecule has 0 saturated heterocycles. The van der Waals surface area contributed by atoms with E-state index in [-0.39, 0.29) is 43.1 Å². The van der Waals surface area contributed by atoms with Gasteiger partial charge in [-0.2, -0.15) is 0 Å². The first-order chi connectivity index (χ1) is 31.3. The van der Waals surface area contributed by atoms with Crippen LogP contribution >= 0.6 is 0 Å². The summed E-state index contributed by atoms with van der Waals surface area (Å²) in [7, 11) is -3.25.